The van der Waals surface area contributed by atoms with E-state index >= 15 is 0 Å². The minimum atomic E-state index is -0.659. The van der Waals surface area contributed by atoms with Gasteiger partial charge in [-0.15, -0.1) is 0 Å². The first-order valence-corrected chi connectivity index (χ1v) is 14.7. The fourth-order valence-corrected chi connectivity index (χ4v) is 5.20. The molecule has 42 heavy (non-hydrogen) atoms. The standard InChI is InChI=1S/C35H40N2O5/c38-25-31(22-27-15-7-2-8-16-27)37-33(39)23-29-19-11-4-12-20-30(21-26-13-5-1-6-14-26)35(41)42-32(24-36-34(29)40)28-17-9-3-10-18-28/h1-11,13-18,29-32,38H,12,19-25H2,(H,36,40)(H,37,39)/t29-,30-,31-,32-/m1/s1. The molecule has 7 heteroatoms. The maximum absolute atomic E-state index is 13.4. The lowest BCUT2D eigenvalue weighted by Crippen LogP contribution is -2.42. The van der Waals surface area contributed by atoms with E-state index in [2.05, 4.69) is 10.6 Å². The molecule has 0 radical (unpaired) electrons. The van der Waals surface area contributed by atoms with Crippen LogP contribution in [0.25, 0.3) is 0 Å². The van der Waals surface area contributed by atoms with Gasteiger partial charge < -0.3 is 20.5 Å². The van der Waals surface area contributed by atoms with Gasteiger partial charge in [0.2, 0.25) is 11.8 Å². The highest BCUT2D eigenvalue weighted by atomic mass is 16.5. The molecule has 0 bridgehead atoms. The first kappa shape index (κ1) is 30.7. The molecular weight excluding hydrogens is 528 g/mol. The zero-order chi connectivity index (χ0) is 29.6. The Hall–Kier alpha value is -4.23. The van der Waals surface area contributed by atoms with Crippen LogP contribution in [0.15, 0.2) is 103 Å². The Morgan fingerprint density at radius 2 is 1.52 bits per heavy atom. The summed E-state index contributed by atoms with van der Waals surface area (Å²) in [6.07, 6.45) is 5.92. The lowest BCUT2D eigenvalue weighted by atomic mass is 9.94. The second-order valence-electron chi connectivity index (χ2n) is 10.8. The topological polar surface area (TPSA) is 105 Å². The molecule has 0 aliphatic carbocycles. The van der Waals surface area contributed by atoms with E-state index in [1.807, 2.05) is 103 Å². The quantitative estimate of drug-likeness (QED) is 0.256. The monoisotopic (exact) mass is 568 g/mol. The molecule has 7 nitrogen and oxygen atoms in total. The normalized spacial score (nSPS) is 20.6. The van der Waals surface area contributed by atoms with Crippen LogP contribution in [0, 0.1) is 11.8 Å². The van der Waals surface area contributed by atoms with Crippen LogP contribution in [0.5, 0.6) is 0 Å². The van der Waals surface area contributed by atoms with E-state index < -0.39 is 18.1 Å². The van der Waals surface area contributed by atoms with Crippen LogP contribution in [0.1, 0.15) is 48.5 Å². The van der Waals surface area contributed by atoms with E-state index in [0.717, 1.165) is 16.7 Å². The molecule has 0 saturated heterocycles. The number of aliphatic hydroxyl groups excluding tert-OH is 1. The highest BCUT2D eigenvalue weighted by Crippen LogP contribution is 2.24. The van der Waals surface area contributed by atoms with Crippen LogP contribution in [-0.2, 0) is 32.0 Å². The number of nitrogens with one attached hydrogen (secondary N) is 2. The van der Waals surface area contributed by atoms with Crippen molar-refractivity contribution in [3.05, 3.63) is 120 Å². The van der Waals surface area contributed by atoms with E-state index in [9.17, 15) is 19.5 Å². The maximum atomic E-state index is 13.4. The molecule has 3 aromatic carbocycles. The molecule has 4 rings (SSSR count). The Kier molecular flexibility index (Phi) is 11.9. The molecule has 3 N–H and O–H groups in total. The van der Waals surface area contributed by atoms with Gasteiger partial charge in [0.05, 0.1) is 31.0 Å². The lowest BCUT2D eigenvalue weighted by Gasteiger charge is -2.24. The van der Waals surface area contributed by atoms with Gasteiger partial charge in [0.15, 0.2) is 0 Å². The van der Waals surface area contributed by atoms with Crippen LogP contribution in [0.4, 0.5) is 0 Å². The van der Waals surface area contributed by atoms with Crippen LogP contribution in [0.2, 0.25) is 0 Å². The second kappa shape index (κ2) is 16.3. The van der Waals surface area contributed by atoms with Crippen molar-refractivity contribution < 1.29 is 24.2 Å². The molecular formula is C35H40N2O5. The third-order valence-electron chi connectivity index (χ3n) is 7.53. The largest absolute Gasteiger partial charge is 0.455 e. The number of benzene rings is 3. The smallest absolute Gasteiger partial charge is 0.309 e. The number of hydrogen-bond donors (Lipinski definition) is 3. The second-order valence-corrected chi connectivity index (χ2v) is 10.8. The van der Waals surface area contributed by atoms with Crippen LogP contribution >= 0.6 is 0 Å². The summed E-state index contributed by atoms with van der Waals surface area (Å²) in [6.45, 7) is -0.104. The Bertz CT molecular complexity index is 1300. The van der Waals surface area contributed by atoms with Gasteiger partial charge in [-0.05, 0) is 48.8 Å². The van der Waals surface area contributed by atoms with Gasteiger partial charge in [0.1, 0.15) is 6.10 Å². The van der Waals surface area contributed by atoms with Crippen molar-refractivity contribution in [1.82, 2.24) is 10.6 Å². The van der Waals surface area contributed by atoms with Gasteiger partial charge in [0.25, 0.3) is 0 Å². The predicted molar refractivity (Wildman–Crippen MR) is 162 cm³/mol. The van der Waals surface area contributed by atoms with Crippen molar-refractivity contribution in [2.24, 2.45) is 11.8 Å². The third-order valence-corrected chi connectivity index (χ3v) is 7.53. The Labute approximate surface area is 248 Å². The summed E-state index contributed by atoms with van der Waals surface area (Å²) in [5.41, 5.74) is 2.86. The lowest BCUT2D eigenvalue weighted by molar-refractivity contribution is -0.155. The Morgan fingerprint density at radius 1 is 0.881 bits per heavy atom. The number of aliphatic hydroxyl groups is 1. The van der Waals surface area contributed by atoms with E-state index in [-0.39, 0.29) is 43.3 Å². The molecule has 1 aliphatic rings. The number of allylic oxidation sites excluding steroid dienone is 2. The molecule has 0 unspecified atom stereocenters. The van der Waals surface area contributed by atoms with Gasteiger partial charge in [-0.3, -0.25) is 14.4 Å². The molecule has 1 aliphatic heterocycles. The fourth-order valence-electron chi connectivity index (χ4n) is 5.20. The molecule has 0 fully saturated rings. The molecule has 220 valence electrons. The molecule has 2 amide bonds. The Morgan fingerprint density at radius 3 is 2.19 bits per heavy atom. The van der Waals surface area contributed by atoms with Crippen molar-refractivity contribution in [3.63, 3.8) is 0 Å². The average molecular weight is 569 g/mol. The molecule has 0 aromatic heterocycles. The number of rotatable bonds is 9. The van der Waals surface area contributed by atoms with Crippen molar-refractivity contribution in [1.29, 1.82) is 0 Å². The van der Waals surface area contributed by atoms with Crippen molar-refractivity contribution >= 4 is 17.8 Å². The van der Waals surface area contributed by atoms with Crippen molar-refractivity contribution in [3.8, 4) is 0 Å². The highest BCUT2D eigenvalue weighted by molar-refractivity contribution is 5.86. The van der Waals surface area contributed by atoms with Crippen LogP contribution in [0.3, 0.4) is 0 Å². The van der Waals surface area contributed by atoms with Crippen molar-refractivity contribution in [2.45, 2.75) is 50.7 Å². The van der Waals surface area contributed by atoms with Gasteiger partial charge in [-0.1, -0.05) is 103 Å². The highest BCUT2D eigenvalue weighted by Gasteiger charge is 2.28. The third kappa shape index (κ3) is 9.70. The number of cyclic esters (lactones) is 1. The summed E-state index contributed by atoms with van der Waals surface area (Å²) < 4.78 is 6.04. The van der Waals surface area contributed by atoms with Gasteiger partial charge in [0, 0.05) is 6.42 Å². The van der Waals surface area contributed by atoms with E-state index in [4.69, 9.17) is 4.74 Å². The molecule has 0 spiro atoms. The van der Waals surface area contributed by atoms with Crippen LogP contribution < -0.4 is 10.6 Å². The summed E-state index contributed by atoms with van der Waals surface area (Å²) in [7, 11) is 0. The minimum Gasteiger partial charge on any atom is -0.455 e. The molecule has 0 saturated carbocycles. The zero-order valence-corrected chi connectivity index (χ0v) is 23.9. The maximum Gasteiger partial charge on any atom is 0.309 e. The van der Waals surface area contributed by atoms with Crippen molar-refractivity contribution in [2.75, 3.05) is 13.2 Å². The van der Waals surface area contributed by atoms with Gasteiger partial charge >= 0.3 is 5.97 Å². The summed E-state index contributed by atoms with van der Waals surface area (Å²) in [5, 5.41) is 15.7. The first-order valence-electron chi connectivity index (χ1n) is 14.7. The first-order chi connectivity index (χ1) is 20.5. The number of hydrogen-bond acceptors (Lipinski definition) is 5. The summed E-state index contributed by atoms with van der Waals surface area (Å²) in [4.78, 5) is 39.8. The molecule has 3 aromatic rings. The average Bonchev–Trinajstić information content (AvgIpc) is 3.03. The number of carbonyl (C=O) groups is 3. The summed E-state index contributed by atoms with van der Waals surface area (Å²) >= 11 is 0. The fraction of sp³-hybridized carbons (Fsp3) is 0.343. The number of ether oxygens (including phenoxy) is 1. The Balaban J connectivity index is 1.47. The number of amides is 2. The number of esters is 1. The predicted octanol–water partition coefficient (Wildman–Crippen LogP) is 4.71. The molecule has 1 heterocycles. The van der Waals surface area contributed by atoms with E-state index in [1.54, 1.807) is 0 Å². The molecule has 4 atom stereocenters. The van der Waals surface area contributed by atoms with E-state index in [0.29, 0.717) is 32.1 Å². The van der Waals surface area contributed by atoms with Gasteiger partial charge in [-0.25, -0.2) is 0 Å². The van der Waals surface area contributed by atoms with Gasteiger partial charge in [-0.2, -0.15) is 0 Å². The zero-order valence-electron chi connectivity index (χ0n) is 23.9. The minimum absolute atomic E-state index is 0.0200. The van der Waals surface area contributed by atoms with E-state index in [1.165, 1.54) is 0 Å². The number of carbonyl (C=O) groups excluding carboxylic acids is 3. The van der Waals surface area contributed by atoms with Crippen LogP contribution in [-0.4, -0.2) is 42.1 Å². The SMILES string of the molecule is O=C(C[C@H]1CC=CCC[C@H](Cc2ccccc2)C(=O)O[C@@H](c2ccccc2)CNC1=O)N[C@@H](CO)Cc1ccccc1. The summed E-state index contributed by atoms with van der Waals surface area (Å²) in [5.74, 6) is -1.81. The summed E-state index contributed by atoms with van der Waals surface area (Å²) in [6, 6.07) is 28.5.